The molecule has 0 bridgehead atoms. The van der Waals surface area contributed by atoms with Crippen molar-refractivity contribution in [2.45, 2.75) is 6.92 Å². The van der Waals surface area contributed by atoms with E-state index in [1.807, 2.05) is 25.1 Å². The first-order valence-corrected chi connectivity index (χ1v) is 6.78. The summed E-state index contributed by atoms with van der Waals surface area (Å²) < 4.78 is 0. The third-order valence-electron chi connectivity index (χ3n) is 2.82. The molecule has 0 aliphatic heterocycles. The van der Waals surface area contributed by atoms with E-state index in [1.54, 1.807) is 36.5 Å². The lowest BCUT2D eigenvalue weighted by Crippen LogP contribution is -2.24. The maximum absolute atomic E-state index is 11.7. The third kappa shape index (κ3) is 4.54. The van der Waals surface area contributed by atoms with Crippen LogP contribution >= 0.6 is 11.6 Å². The molecule has 0 saturated heterocycles. The summed E-state index contributed by atoms with van der Waals surface area (Å²) in [6.45, 7) is 1.94. The highest BCUT2D eigenvalue weighted by molar-refractivity contribution is 6.30. The average molecular weight is 302 g/mol. The molecule has 21 heavy (non-hydrogen) atoms. The Bertz CT molecular complexity index is 666. The zero-order chi connectivity index (χ0) is 15.2. The topological polar surface area (TPSA) is 67.2 Å². The summed E-state index contributed by atoms with van der Waals surface area (Å²) in [6.07, 6.45) is 3.33. The molecule has 2 amide bonds. The fraction of sp³-hybridized carbons (Fsp3) is 0.0625. The number of hydrogen-bond acceptors (Lipinski definition) is 2. The second-order valence-corrected chi connectivity index (χ2v) is 5.01. The van der Waals surface area contributed by atoms with Crippen LogP contribution in [0.15, 0.2) is 48.7 Å². The number of carbonyl (C=O) groups excluding carboxylic acids is 1. The van der Waals surface area contributed by atoms with Crippen LogP contribution in [0.4, 0.5) is 16.2 Å². The van der Waals surface area contributed by atoms with Gasteiger partial charge >= 0.3 is 6.03 Å². The summed E-state index contributed by atoms with van der Waals surface area (Å²) in [7, 11) is 0. The van der Waals surface area contributed by atoms with Gasteiger partial charge in [-0.15, -0.1) is 0 Å². The number of amides is 2. The van der Waals surface area contributed by atoms with Gasteiger partial charge in [-0.2, -0.15) is 0 Å². The minimum absolute atomic E-state index is 0.351. The van der Waals surface area contributed by atoms with Gasteiger partial charge in [0.2, 0.25) is 0 Å². The molecule has 0 saturated carbocycles. The van der Waals surface area contributed by atoms with Gasteiger partial charge in [0.1, 0.15) is 0 Å². The van der Waals surface area contributed by atoms with E-state index < -0.39 is 0 Å². The summed E-state index contributed by atoms with van der Waals surface area (Å²) in [4.78, 5) is 11.7. The van der Waals surface area contributed by atoms with Gasteiger partial charge in [0.15, 0.2) is 0 Å². The van der Waals surface area contributed by atoms with Gasteiger partial charge in [-0.05, 0) is 48.4 Å². The van der Waals surface area contributed by atoms with Crippen molar-refractivity contribution in [3.8, 4) is 0 Å². The van der Waals surface area contributed by atoms with Crippen LogP contribution in [0.1, 0.15) is 11.1 Å². The van der Waals surface area contributed by atoms with Crippen molar-refractivity contribution in [1.82, 2.24) is 5.32 Å². The highest BCUT2D eigenvalue weighted by atomic mass is 35.5. The van der Waals surface area contributed by atoms with E-state index >= 15 is 0 Å². The standard InChI is InChI=1S/C16H16ClN3O/c1-11-2-7-15(14(18)10-11)20-16(21)19-9-8-12-3-5-13(17)6-4-12/h2-10H,18H2,1H3,(H2,19,20,21)/b9-8+. The van der Waals surface area contributed by atoms with E-state index in [-0.39, 0.29) is 6.03 Å². The molecule has 5 heteroatoms. The second kappa shape index (κ2) is 6.81. The quantitative estimate of drug-likeness (QED) is 0.749. The number of rotatable bonds is 3. The number of carbonyl (C=O) groups is 1. The lowest BCUT2D eigenvalue weighted by atomic mass is 10.2. The normalized spacial score (nSPS) is 10.6. The van der Waals surface area contributed by atoms with Crippen molar-refractivity contribution in [3.63, 3.8) is 0 Å². The average Bonchev–Trinajstić information content (AvgIpc) is 2.44. The maximum atomic E-state index is 11.7. The summed E-state index contributed by atoms with van der Waals surface area (Å²) >= 11 is 5.80. The van der Waals surface area contributed by atoms with Gasteiger partial charge in [0.25, 0.3) is 0 Å². The molecule has 0 unspecified atom stereocenters. The molecule has 0 aliphatic carbocycles. The molecule has 0 aliphatic rings. The fourth-order valence-electron chi connectivity index (χ4n) is 1.74. The largest absolute Gasteiger partial charge is 0.397 e. The van der Waals surface area contributed by atoms with Crippen LogP contribution in [0.25, 0.3) is 6.08 Å². The Balaban J connectivity index is 1.91. The summed E-state index contributed by atoms with van der Waals surface area (Å²) in [5.74, 6) is 0. The first-order valence-electron chi connectivity index (χ1n) is 6.40. The molecule has 4 nitrogen and oxygen atoms in total. The predicted molar refractivity (Wildman–Crippen MR) is 88.2 cm³/mol. The van der Waals surface area contributed by atoms with E-state index in [9.17, 15) is 4.79 Å². The molecule has 0 atom stereocenters. The zero-order valence-corrected chi connectivity index (χ0v) is 12.3. The zero-order valence-electron chi connectivity index (χ0n) is 11.6. The number of hydrogen-bond donors (Lipinski definition) is 3. The van der Waals surface area contributed by atoms with Crippen molar-refractivity contribution < 1.29 is 4.79 Å². The van der Waals surface area contributed by atoms with E-state index in [1.165, 1.54) is 0 Å². The Morgan fingerprint density at radius 3 is 2.57 bits per heavy atom. The Morgan fingerprint density at radius 2 is 1.90 bits per heavy atom. The molecule has 108 valence electrons. The van der Waals surface area contributed by atoms with E-state index in [0.29, 0.717) is 16.4 Å². The highest BCUT2D eigenvalue weighted by Crippen LogP contribution is 2.19. The lowest BCUT2D eigenvalue weighted by molar-refractivity contribution is 0.255. The van der Waals surface area contributed by atoms with Gasteiger partial charge in [-0.25, -0.2) is 4.79 Å². The predicted octanol–water partition coefficient (Wildman–Crippen LogP) is 4.02. The summed E-state index contributed by atoms with van der Waals surface area (Å²) in [5, 5.41) is 5.98. The number of halogens is 1. The molecule has 0 spiro atoms. The number of urea groups is 1. The third-order valence-corrected chi connectivity index (χ3v) is 3.07. The van der Waals surface area contributed by atoms with E-state index in [0.717, 1.165) is 11.1 Å². The summed E-state index contributed by atoms with van der Waals surface area (Å²) in [6, 6.07) is 12.4. The fourth-order valence-corrected chi connectivity index (χ4v) is 1.87. The molecule has 0 heterocycles. The number of anilines is 2. The first kappa shape index (κ1) is 14.9. The van der Waals surface area contributed by atoms with Crippen LogP contribution in [0, 0.1) is 6.92 Å². The van der Waals surface area contributed by atoms with Crippen molar-refractivity contribution in [2.24, 2.45) is 0 Å². The van der Waals surface area contributed by atoms with Crippen molar-refractivity contribution >= 4 is 35.1 Å². The SMILES string of the molecule is Cc1ccc(NC(=O)N/C=C/c2ccc(Cl)cc2)c(N)c1. The van der Waals surface area contributed by atoms with Crippen LogP contribution in [0.3, 0.4) is 0 Å². The smallest absolute Gasteiger partial charge is 0.323 e. The van der Waals surface area contributed by atoms with Gasteiger partial charge < -0.3 is 16.4 Å². The van der Waals surface area contributed by atoms with Crippen molar-refractivity contribution in [3.05, 3.63) is 64.8 Å². The van der Waals surface area contributed by atoms with Crippen LogP contribution < -0.4 is 16.4 Å². The van der Waals surface area contributed by atoms with Crippen LogP contribution in [-0.2, 0) is 0 Å². The van der Waals surface area contributed by atoms with Gasteiger partial charge in [-0.3, -0.25) is 0 Å². The summed E-state index contributed by atoms with van der Waals surface area (Å²) in [5.41, 5.74) is 8.93. The Kier molecular flexibility index (Phi) is 4.85. The van der Waals surface area contributed by atoms with Gasteiger partial charge in [-0.1, -0.05) is 29.8 Å². The highest BCUT2D eigenvalue weighted by Gasteiger charge is 2.03. The van der Waals surface area contributed by atoms with Crippen molar-refractivity contribution in [2.75, 3.05) is 11.1 Å². The number of benzene rings is 2. The number of nitrogen functional groups attached to an aromatic ring is 1. The number of nitrogens with two attached hydrogens (primary N) is 1. The molecule has 2 rings (SSSR count). The maximum Gasteiger partial charge on any atom is 0.323 e. The molecule has 0 radical (unpaired) electrons. The van der Waals surface area contributed by atoms with Crippen LogP contribution in [0.2, 0.25) is 5.02 Å². The number of nitrogens with one attached hydrogen (secondary N) is 2. The minimum atomic E-state index is -0.351. The molecular formula is C16H16ClN3O. The van der Waals surface area contributed by atoms with Gasteiger partial charge in [0.05, 0.1) is 11.4 Å². The first-order chi connectivity index (χ1) is 10.0. The van der Waals surface area contributed by atoms with Crippen molar-refractivity contribution in [1.29, 1.82) is 0 Å². The second-order valence-electron chi connectivity index (χ2n) is 4.57. The molecule has 0 aromatic heterocycles. The van der Waals surface area contributed by atoms with Crippen LogP contribution in [0.5, 0.6) is 0 Å². The van der Waals surface area contributed by atoms with Crippen LogP contribution in [-0.4, -0.2) is 6.03 Å². The monoisotopic (exact) mass is 301 g/mol. The number of aryl methyl sites for hydroxylation is 1. The van der Waals surface area contributed by atoms with E-state index in [4.69, 9.17) is 17.3 Å². The van der Waals surface area contributed by atoms with E-state index in [2.05, 4.69) is 10.6 Å². The molecular weight excluding hydrogens is 286 g/mol. The Hall–Kier alpha value is -2.46. The molecule has 0 fully saturated rings. The Labute approximate surface area is 128 Å². The lowest BCUT2D eigenvalue weighted by Gasteiger charge is -2.08. The minimum Gasteiger partial charge on any atom is -0.397 e. The molecule has 4 N–H and O–H groups in total. The van der Waals surface area contributed by atoms with Gasteiger partial charge in [0, 0.05) is 11.2 Å². The molecule has 2 aromatic rings. The Morgan fingerprint density at radius 1 is 1.19 bits per heavy atom. The molecule has 2 aromatic carbocycles.